The maximum absolute atomic E-state index is 13.3. The molecule has 0 radical (unpaired) electrons. The van der Waals surface area contributed by atoms with E-state index in [4.69, 9.17) is 0 Å². The van der Waals surface area contributed by atoms with Gasteiger partial charge in [-0.15, -0.1) is 6.58 Å². The van der Waals surface area contributed by atoms with Crippen LogP contribution in [0.1, 0.15) is 85.0 Å². The van der Waals surface area contributed by atoms with Gasteiger partial charge in [0.1, 0.15) is 6.04 Å². The first-order chi connectivity index (χ1) is 13.8. The van der Waals surface area contributed by atoms with Gasteiger partial charge in [-0.2, -0.15) is 0 Å². The largest absolute Gasteiger partial charge is 0.351 e. The van der Waals surface area contributed by atoms with E-state index in [0.29, 0.717) is 11.3 Å². The topological polar surface area (TPSA) is 61.4 Å². The third-order valence-corrected chi connectivity index (χ3v) is 7.43. The molecule has 3 fully saturated rings. The molecule has 0 aromatic carbocycles. The second kappa shape index (κ2) is 9.63. The first-order valence-electron chi connectivity index (χ1n) is 11.8. The zero-order chi connectivity index (χ0) is 21.0. The molecule has 2 amide bonds. The summed E-state index contributed by atoms with van der Waals surface area (Å²) in [5.41, 5.74) is 0.297. The van der Waals surface area contributed by atoms with Gasteiger partial charge >= 0.3 is 0 Å². The summed E-state index contributed by atoms with van der Waals surface area (Å²) in [7, 11) is 0. The Kier molecular flexibility index (Phi) is 7.42. The van der Waals surface area contributed by atoms with E-state index in [1.165, 1.54) is 19.3 Å². The Bertz CT molecular complexity index is 579. The molecule has 0 spiro atoms. The van der Waals surface area contributed by atoms with Crippen molar-refractivity contribution in [3.63, 3.8) is 0 Å². The summed E-state index contributed by atoms with van der Waals surface area (Å²) in [6, 6.07) is -0.332. The van der Waals surface area contributed by atoms with Crippen molar-refractivity contribution >= 4 is 11.8 Å². The van der Waals surface area contributed by atoms with Crippen LogP contribution in [0.25, 0.3) is 0 Å². The van der Waals surface area contributed by atoms with Crippen LogP contribution in [0.3, 0.4) is 0 Å². The second-order valence-electron chi connectivity index (χ2n) is 10.4. The number of nitrogens with one attached hydrogen (secondary N) is 2. The van der Waals surface area contributed by atoms with Crippen molar-refractivity contribution in [2.24, 2.45) is 11.3 Å². The highest BCUT2D eigenvalue weighted by molar-refractivity contribution is 5.92. The van der Waals surface area contributed by atoms with Gasteiger partial charge in [0.15, 0.2) is 0 Å². The van der Waals surface area contributed by atoms with Crippen LogP contribution >= 0.6 is 0 Å². The van der Waals surface area contributed by atoms with Crippen molar-refractivity contribution in [3.8, 4) is 0 Å². The van der Waals surface area contributed by atoms with Gasteiger partial charge < -0.3 is 15.5 Å². The van der Waals surface area contributed by atoms with Crippen LogP contribution in [0.2, 0.25) is 0 Å². The smallest absolute Gasteiger partial charge is 0.247 e. The van der Waals surface area contributed by atoms with E-state index in [0.717, 1.165) is 51.5 Å². The Balaban J connectivity index is 1.72. The Morgan fingerprint density at radius 2 is 1.66 bits per heavy atom. The summed E-state index contributed by atoms with van der Waals surface area (Å²) in [6.07, 6.45) is 12.4. The van der Waals surface area contributed by atoms with Crippen LogP contribution < -0.4 is 10.6 Å². The number of hydrogen-bond acceptors (Lipinski definition) is 3. The van der Waals surface area contributed by atoms with E-state index < -0.39 is 6.04 Å². The van der Waals surface area contributed by atoms with Crippen LogP contribution in [0.15, 0.2) is 12.7 Å². The summed E-state index contributed by atoms with van der Waals surface area (Å²) < 4.78 is 0. The molecule has 1 saturated heterocycles. The molecular weight excluding hydrogens is 362 g/mol. The van der Waals surface area contributed by atoms with Gasteiger partial charge in [0.25, 0.3) is 0 Å². The number of nitrogens with zero attached hydrogens (tertiary/aromatic N) is 1. The molecule has 2 unspecified atom stereocenters. The lowest BCUT2D eigenvalue weighted by atomic mass is 9.71. The van der Waals surface area contributed by atoms with E-state index in [2.05, 4.69) is 38.0 Å². The molecule has 3 rings (SSSR count). The van der Waals surface area contributed by atoms with E-state index in [9.17, 15) is 9.59 Å². The lowest BCUT2D eigenvalue weighted by molar-refractivity contribution is -0.146. The molecule has 0 aromatic heterocycles. The summed E-state index contributed by atoms with van der Waals surface area (Å²) in [4.78, 5) is 28.4. The average Bonchev–Trinajstić information content (AvgIpc) is 2.64. The average molecular weight is 404 g/mol. The monoisotopic (exact) mass is 403 g/mol. The standard InChI is InChI=1S/C24H41N3O2/c1-5-21(22(28)26-18-9-7-6-8-10-18)27(23(29)20-15-16-25-20)19-13-11-17(12-14-19)24(2,3)4/h5,17-21,25H,1,6-16H2,2-4H3,(H,26,28). The maximum atomic E-state index is 13.3. The molecule has 2 saturated carbocycles. The molecule has 164 valence electrons. The Hall–Kier alpha value is -1.36. The predicted molar refractivity (Wildman–Crippen MR) is 117 cm³/mol. The fourth-order valence-electron chi connectivity index (χ4n) is 5.32. The molecule has 0 aromatic rings. The van der Waals surface area contributed by atoms with Gasteiger partial charge in [-0.05, 0) is 62.8 Å². The molecule has 0 bridgehead atoms. The Labute approximate surface area is 177 Å². The highest BCUT2D eigenvalue weighted by Crippen LogP contribution is 2.39. The SMILES string of the molecule is C=CC(C(=O)NC1CCCCC1)N(C(=O)C1CCN1)C1CCC(C(C)(C)C)CC1. The molecule has 2 aliphatic carbocycles. The number of amides is 2. The normalized spacial score (nSPS) is 29.4. The molecule has 2 N–H and O–H groups in total. The van der Waals surface area contributed by atoms with Crippen molar-refractivity contribution < 1.29 is 9.59 Å². The highest BCUT2D eigenvalue weighted by Gasteiger charge is 2.41. The number of hydrogen-bond donors (Lipinski definition) is 2. The van der Waals surface area contributed by atoms with Gasteiger partial charge in [-0.3, -0.25) is 9.59 Å². The summed E-state index contributed by atoms with van der Waals surface area (Å²) in [6.45, 7) is 11.8. The quantitative estimate of drug-likeness (QED) is 0.664. The van der Waals surface area contributed by atoms with Gasteiger partial charge in [-0.25, -0.2) is 0 Å². The molecule has 5 heteroatoms. The summed E-state index contributed by atoms with van der Waals surface area (Å²) in [5.74, 6) is 0.715. The predicted octanol–water partition coefficient (Wildman–Crippen LogP) is 3.79. The summed E-state index contributed by atoms with van der Waals surface area (Å²) >= 11 is 0. The number of carbonyl (C=O) groups excluding carboxylic acids is 2. The van der Waals surface area contributed by atoms with Gasteiger partial charge in [0, 0.05) is 12.1 Å². The zero-order valence-electron chi connectivity index (χ0n) is 18.7. The van der Waals surface area contributed by atoms with Crippen molar-refractivity contribution in [2.75, 3.05) is 6.54 Å². The minimum Gasteiger partial charge on any atom is -0.351 e. The van der Waals surface area contributed by atoms with Crippen molar-refractivity contribution in [3.05, 3.63) is 12.7 Å². The van der Waals surface area contributed by atoms with Crippen molar-refractivity contribution in [1.82, 2.24) is 15.5 Å². The van der Waals surface area contributed by atoms with Crippen LogP contribution in [-0.2, 0) is 9.59 Å². The van der Waals surface area contributed by atoms with E-state index in [1.54, 1.807) is 6.08 Å². The minimum atomic E-state index is -0.567. The number of rotatable bonds is 6. The van der Waals surface area contributed by atoms with Gasteiger partial charge in [0.05, 0.1) is 6.04 Å². The molecular formula is C24H41N3O2. The Morgan fingerprint density at radius 3 is 2.14 bits per heavy atom. The second-order valence-corrected chi connectivity index (χ2v) is 10.4. The van der Waals surface area contributed by atoms with Crippen LogP contribution in [0.4, 0.5) is 0 Å². The van der Waals surface area contributed by atoms with E-state index >= 15 is 0 Å². The first-order valence-corrected chi connectivity index (χ1v) is 11.8. The number of carbonyl (C=O) groups is 2. The molecule has 1 heterocycles. The molecule has 3 aliphatic rings. The lowest BCUT2D eigenvalue weighted by Gasteiger charge is -2.45. The molecule has 1 aliphatic heterocycles. The van der Waals surface area contributed by atoms with Gasteiger partial charge in [0.2, 0.25) is 11.8 Å². The molecule has 29 heavy (non-hydrogen) atoms. The third-order valence-electron chi connectivity index (χ3n) is 7.43. The van der Waals surface area contributed by atoms with Crippen LogP contribution in [0.5, 0.6) is 0 Å². The van der Waals surface area contributed by atoms with Crippen LogP contribution in [0, 0.1) is 11.3 Å². The fraction of sp³-hybridized carbons (Fsp3) is 0.833. The molecule has 2 atom stereocenters. The maximum Gasteiger partial charge on any atom is 0.247 e. The zero-order valence-corrected chi connectivity index (χ0v) is 18.7. The van der Waals surface area contributed by atoms with E-state index in [-0.39, 0.29) is 29.9 Å². The van der Waals surface area contributed by atoms with Crippen LogP contribution in [-0.4, -0.2) is 47.4 Å². The lowest BCUT2D eigenvalue weighted by Crippen LogP contribution is -2.62. The third kappa shape index (κ3) is 5.42. The van der Waals surface area contributed by atoms with Crippen molar-refractivity contribution in [1.29, 1.82) is 0 Å². The first kappa shape index (κ1) is 22.3. The van der Waals surface area contributed by atoms with Gasteiger partial charge in [-0.1, -0.05) is 46.1 Å². The van der Waals surface area contributed by atoms with E-state index in [1.807, 2.05) is 4.90 Å². The highest BCUT2D eigenvalue weighted by atomic mass is 16.2. The fourth-order valence-corrected chi connectivity index (χ4v) is 5.32. The summed E-state index contributed by atoms with van der Waals surface area (Å²) in [5, 5.41) is 6.47. The Morgan fingerprint density at radius 1 is 1.03 bits per heavy atom. The molecule has 5 nitrogen and oxygen atoms in total. The minimum absolute atomic E-state index is 0.0440. The van der Waals surface area contributed by atoms with Crippen molar-refractivity contribution in [2.45, 2.75) is 109 Å².